The quantitative estimate of drug-likeness (QED) is 0.775. The number of hydrogen-bond donors (Lipinski definition) is 2. The van der Waals surface area contributed by atoms with E-state index in [0.717, 1.165) is 16.8 Å². The summed E-state index contributed by atoms with van der Waals surface area (Å²) in [6.45, 7) is 0.597. The molecule has 0 saturated carbocycles. The molecule has 1 aromatic heterocycles. The zero-order valence-corrected chi connectivity index (χ0v) is 11.8. The van der Waals surface area contributed by atoms with E-state index in [9.17, 15) is 4.79 Å². The van der Waals surface area contributed by atoms with Crippen LogP contribution in [0.4, 0.5) is 5.82 Å². The van der Waals surface area contributed by atoms with Crippen molar-refractivity contribution in [2.45, 2.75) is 6.54 Å². The van der Waals surface area contributed by atoms with Gasteiger partial charge in [0.15, 0.2) is 0 Å². The van der Waals surface area contributed by atoms with Crippen molar-refractivity contribution >= 4 is 11.8 Å². The molecule has 22 heavy (non-hydrogen) atoms. The number of aromatic carboxylic acids is 1. The summed E-state index contributed by atoms with van der Waals surface area (Å²) in [5, 5.41) is 13.4. The summed E-state index contributed by atoms with van der Waals surface area (Å²) in [5.74, 6) is -0.373. The van der Waals surface area contributed by atoms with E-state index in [2.05, 4.69) is 5.10 Å². The van der Waals surface area contributed by atoms with Gasteiger partial charge >= 0.3 is 5.97 Å². The molecule has 5 nitrogen and oxygen atoms in total. The van der Waals surface area contributed by atoms with Crippen LogP contribution in [0.5, 0.6) is 0 Å². The van der Waals surface area contributed by atoms with Crippen molar-refractivity contribution in [1.29, 1.82) is 0 Å². The topological polar surface area (TPSA) is 81.1 Å². The van der Waals surface area contributed by atoms with Crippen LogP contribution in [0.1, 0.15) is 15.9 Å². The third kappa shape index (κ3) is 2.83. The van der Waals surface area contributed by atoms with E-state index in [4.69, 9.17) is 10.8 Å². The van der Waals surface area contributed by atoms with Crippen LogP contribution in [-0.2, 0) is 6.54 Å². The van der Waals surface area contributed by atoms with E-state index in [1.165, 1.54) is 0 Å². The van der Waals surface area contributed by atoms with Crippen molar-refractivity contribution in [3.63, 3.8) is 0 Å². The molecule has 0 fully saturated rings. The molecule has 0 aliphatic heterocycles. The van der Waals surface area contributed by atoms with E-state index in [0.29, 0.717) is 12.4 Å². The predicted molar refractivity (Wildman–Crippen MR) is 84.6 cm³/mol. The molecule has 0 aliphatic carbocycles. The number of carboxylic acids is 1. The minimum Gasteiger partial charge on any atom is -0.478 e. The Hall–Kier alpha value is -3.08. The number of carbonyl (C=O) groups is 1. The van der Waals surface area contributed by atoms with Gasteiger partial charge in [-0.3, -0.25) is 0 Å². The first-order chi connectivity index (χ1) is 10.6. The number of carboxylic acid groups (broad SMARTS) is 1. The summed E-state index contributed by atoms with van der Waals surface area (Å²) in [7, 11) is 0. The Bertz CT molecular complexity index is 793. The van der Waals surface area contributed by atoms with Gasteiger partial charge in [-0.15, -0.1) is 0 Å². The molecule has 5 heteroatoms. The van der Waals surface area contributed by atoms with Crippen LogP contribution >= 0.6 is 0 Å². The van der Waals surface area contributed by atoms with Crippen LogP contribution in [0.15, 0.2) is 60.7 Å². The van der Waals surface area contributed by atoms with Crippen molar-refractivity contribution < 1.29 is 9.90 Å². The third-order valence-corrected chi connectivity index (χ3v) is 3.41. The first kappa shape index (κ1) is 13.9. The van der Waals surface area contributed by atoms with E-state index in [1.54, 1.807) is 35.0 Å². The van der Waals surface area contributed by atoms with Gasteiger partial charge in [0, 0.05) is 11.6 Å². The molecule has 3 N–H and O–H groups in total. The van der Waals surface area contributed by atoms with Gasteiger partial charge in [-0.05, 0) is 17.7 Å². The maximum atomic E-state index is 10.9. The molecule has 2 aromatic carbocycles. The van der Waals surface area contributed by atoms with Crippen LogP contribution in [0.25, 0.3) is 11.3 Å². The van der Waals surface area contributed by atoms with Gasteiger partial charge < -0.3 is 10.8 Å². The standard InChI is InChI=1S/C17H15N3O2/c18-16-10-15(13-6-8-14(9-7-13)17(21)22)19-20(16)11-12-4-2-1-3-5-12/h1-10H,11,18H2,(H,21,22). The maximum absolute atomic E-state index is 10.9. The molecule has 0 saturated heterocycles. The van der Waals surface area contributed by atoms with Gasteiger partial charge in [0.05, 0.1) is 17.8 Å². The van der Waals surface area contributed by atoms with Crippen LogP contribution in [0.2, 0.25) is 0 Å². The highest BCUT2D eigenvalue weighted by molar-refractivity contribution is 5.88. The highest BCUT2D eigenvalue weighted by atomic mass is 16.4. The SMILES string of the molecule is Nc1cc(-c2ccc(C(=O)O)cc2)nn1Cc1ccccc1. The smallest absolute Gasteiger partial charge is 0.335 e. The number of benzene rings is 2. The fourth-order valence-electron chi connectivity index (χ4n) is 2.24. The monoisotopic (exact) mass is 293 g/mol. The zero-order chi connectivity index (χ0) is 15.5. The molecule has 3 rings (SSSR count). The molecule has 0 bridgehead atoms. The molecular formula is C17H15N3O2. The molecule has 1 heterocycles. The van der Waals surface area contributed by atoms with Crippen molar-refractivity contribution in [2.24, 2.45) is 0 Å². The second-order valence-electron chi connectivity index (χ2n) is 4.98. The molecule has 110 valence electrons. The van der Waals surface area contributed by atoms with Crippen molar-refractivity contribution in [2.75, 3.05) is 5.73 Å². The Morgan fingerprint density at radius 2 is 1.77 bits per heavy atom. The lowest BCUT2D eigenvalue weighted by Gasteiger charge is -2.03. The lowest BCUT2D eigenvalue weighted by Crippen LogP contribution is -2.05. The molecule has 0 atom stereocenters. The lowest BCUT2D eigenvalue weighted by atomic mass is 10.1. The summed E-state index contributed by atoms with van der Waals surface area (Å²) in [5.41, 5.74) is 8.94. The summed E-state index contributed by atoms with van der Waals surface area (Å²) in [6.07, 6.45) is 0. The van der Waals surface area contributed by atoms with Crippen molar-refractivity contribution in [3.05, 3.63) is 71.8 Å². The lowest BCUT2D eigenvalue weighted by molar-refractivity contribution is 0.0697. The largest absolute Gasteiger partial charge is 0.478 e. The van der Waals surface area contributed by atoms with Gasteiger partial charge in [0.1, 0.15) is 5.82 Å². The third-order valence-electron chi connectivity index (χ3n) is 3.41. The number of aromatic nitrogens is 2. The van der Waals surface area contributed by atoms with E-state index in [-0.39, 0.29) is 5.56 Å². The number of nitrogen functional groups attached to an aromatic ring is 1. The minimum atomic E-state index is -0.944. The van der Waals surface area contributed by atoms with Crippen LogP contribution in [0.3, 0.4) is 0 Å². The number of hydrogen-bond acceptors (Lipinski definition) is 3. The van der Waals surface area contributed by atoms with E-state index in [1.807, 2.05) is 30.3 Å². The first-order valence-electron chi connectivity index (χ1n) is 6.84. The Labute approximate surface area is 127 Å². The van der Waals surface area contributed by atoms with E-state index >= 15 is 0 Å². The Balaban J connectivity index is 1.87. The van der Waals surface area contributed by atoms with Crippen molar-refractivity contribution in [3.8, 4) is 11.3 Å². The Morgan fingerprint density at radius 3 is 2.41 bits per heavy atom. The average Bonchev–Trinajstić information content (AvgIpc) is 2.89. The Morgan fingerprint density at radius 1 is 1.09 bits per heavy atom. The summed E-state index contributed by atoms with van der Waals surface area (Å²) in [4.78, 5) is 10.9. The fraction of sp³-hybridized carbons (Fsp3) is 0.0588. The maximum Gasteiger partial charge on any atom is 0.335 e. The normalized spacial score (nSPS) is 10.5. The van der Waals surface area contributed by atoms with Crippen LogP contribution in [0, 0.1) is 0 Å². The van der Waals surface area contributed by atoms with Gasteiger partial charge in [0.25, 0.3) is 0 Å². The van der Waals surface area contributed by atoms with E-state index < -0.39 is 5.97 Å². The molecular weight excluding hydrogens is 278 g/mol. The van der Waals surface area contributed by atoms with Crippen LogP contribution < -0.4 is 5.73 Å². The molecule has 0 unspecified atom stereocenters. The first-order valence-corrected chi connectivity index (χ1v) is 6.84. The highest BCUT2D eigenvalue weighted by Crippen LogP contribution is 2.21. The summed E-state index contributed by atoms with van der Waals surface area (Å²) < 4.78 is 1.73. The Kier molecular flexibility index (Phi) is 3.62. The van der Waals surface area contributed by atoms with Gasteiger partial charge in [0.2, 0.25) is 0 Å². The molecule has 0 spiro atoms. The predicted octanol–water partition coefficient (Wildman–Crippen LogP) is 2.88. The van der Waals surface area contributed by atoms with Gasteiger partial charge in [-0.2, -0.15) is 5.10 Å². The molecule has 0 aliphatic rings. The minimum absolute atomic E-state index is 0.250. The van der Waals surface area contributed by atoms with Crippen molar-refractivity contribution in [1.82, 2.24) is 9.78 Å². The number of anilines is 1. The average molecular weight is 293 g/mol. The summed E-state index contributed by atoms with van der Waals surface area (Å²) in [6, 6.07) is 18.3. The zero-order valence-electron chi connectivity index (χ0n) is 11.8. The number of nitrogens with zero attached hydrogens (tertiary/aromatic N) is 2. The molecule has 3 aromatic rings. The second kappa shape index (κ2) is 5.73. The van der Waals surface area contributed by atoms with Gasteiger partial charge in [-0.25, -0.2) is 9.48 Å². The number of rotatable bonds is 4. The number of nitrogens with two attached hydrogens (primary N) is 1. The van der Waals surface area contributed by atoms with Gasteiger partial charge in [-0.1, -0.05) is 42.5 Å². The summed E-state index contributed by atoms with van der Waals surface area (Å²) >= 11 is 0. The van der Waals surface area contributed by atoms with Crippen LogP contribution in [-0.4, -0.2) is 20.9 Å². The molecule has 0 radical (unpaired) electrons. The fourth-order valence-corrected chi connectivity index (χ4v) is 2.24. The molecule has 0 amide bonds. The second-order valence-corrected chi connectivity index (χ2v) is 4.98. The highest BCUT2D eigenvalue weighted by Gasteiger charge is 2.09.